The van der Waals surface area contributed by atoms with Crippen molar-refractivity contribution >= 4 is 18.5 Å². The molecule has 0 radical (unpaired) electrons. The number of benzene rings is 1. The van der Waals surface area contributed by atoms with E-state index in [1.807, 2.05) is 64.7 Å². The van der Waals surface area contributed by atoms with Crippen LogP contribution < -0.4 is 0 Å². The Kier molecular flexibility index (Phi) is 6.29. The van der Waals surface area contributed by atoms with Crippen molar-refractivity contribution in [2.75, 3.05) is 35.3 Å². The third-order valence-electron chi connectivity index (χ3n) is 2.33. The number of rotatable bonds is 6. The maximum Gasteiger partial charge on any atom is 0.139 e. The summed E-state index contributed by atoms with van der Waals surface area (Å²) in [5.74, 6) is 0.702. The van der Waals surface area contributed by atoms with Crippen LogP contribution in [0.4, 0.5) is 0 Å². The SMILES string of the molecule is COC(/C=N\N(C)C)=C\c1ccc(/C=N\N(C)C)cc1. The first-order chi connectivity index (χ1) is 9.51. The molecule has 0 spiro atoms. The van der Waals surface area contributed by atoms with Gasteiger partial charge in [0.05, 0.1) is 19.5 Å². The van der Waals surface area contributed by atoms with E-state index in [4.69, 9.17) is 4.74 Å². The third-order valence-corrected chi connectivity index (χ3v) is 2.33. The molecular formula is C15H22N4O. The molecule has 0 bridgehead atoms. The van der Waals surface area contributed by atoms with E-state index in [2.05, 4.69) is 10.2 Å². The number of nitrogens with zero attached hydrogens (tertiary/aromatic N) is 4. The first-order valence-electron chi connectivity index (χ1n) is 6.29. The lowest BCUT2D eigenvalue weighted by atomic mass is 10.1. The fourth-order valence-electron chi connectivity index (χ4n) is 1.35. The number of allylic oxidation sites excluding steroid dienone is 1. The van der Waals surface area contributed by atoms with Gasteiger partial charge in [-0.05, 0) is 17.2 Å². The Balaban J connectivity index is 2.81. The van der Waals surface area contributed by atoms with Gasteiger partial charge in [0.1, 0.15) is 5.76 Å². The van der Waals surface area contributed by atoms with Crippen molar-refractivity contribution in [3.8, 4) is 0 Å². The van der Waals surface area contributed by atoms with Gasteiger partial charge in [-0.3, -0.25) is 0 Å². The largest absolute Gasteiger partial charge is 0.495 e. The lowest BCUT2D eigenvalue weighted by Crippen LogP contribution is -2.03. The molecule has 0 fully saturated rings. The van der Waals surface area contributed by atoms with E-state index in [1.54, 1.807) is 23.3 Å². The fourth-order valence-corrected chi connectivity index (χ4v) is 1.35. The van der Waals surface area contributed by atoms with Crippen LogP contribution in [0.25, 0.3) is 6.08 Å². The molecule has 0 aliphatic heterocycles. The normalized spacial score (nSPS) is 12.2. The lowest BCUT2D eigenvalue weighted by molar-refractivity contribution is 0.318. The second-order valence-electron chi connectivity index (χ2n) is 4.60. The van der Waals surface area contributed by atoms with E-state index in [0.717, 1.165) is 11.1 Å². The minimum atomic E-state index is 0.702. The highest BCUT2D eigenvalue weighted by molar-refractivity contribution is 5.84. The van der Waals surface area contributed by atoms with Crippen LogP contribution in [0.2, 0.25) is 0 Å². The Morgan fingerprint density at radius 1 is 0.950 bits per heavy atom. The van der Waals surface area contributed by atoms with Crippen molar-refractivity contribution in [1.82, 2.24) is 10.0 Å². The van der Waals surface area contributed by atoms with Crippen molar-refractivity contribution in [2.24, 2.45) is 10.2 Å². The molecule has 0 amide bonds. The highest BCUT2D eigenvalue weighted by Gasteiger charge is 1.95. The summed E-state index contributed by atoms with van der Waals surface area (Å²) in [5.41, 5.74) is 2.10. The molecule has 108 valence electrons. The monoisotopic (exact) mass is 274 g/mol. The van der Waals surface area contributed by atoms with Crippen LogP contribution in [-0.2, 0) is 4.74 Å². The number of hydrogen-bond acceptors (Lipinski definition) is 5. The van der Waals surface area contributed by atoms with Crippen LogP contribution in [0.3, 0.4) is 0 Å². The van der Waals surface area contributed by atoms with E-state index >= 15 is 0 Å². The van der Waals surface area contributed by atoms with Crippen LogP contribution in [-0.4, -0.2) is 57.7 Å². The maximum atomic E-state index is 5.27. The quantitative estimate of drug-likeness (QED) is 0.453. The lowest BCUT2D eigenvalue weighted by Gasteiger charge is -2.05. The molecule has 0 heterocycles. The predicted octanol–water partition coefficient (Wildman–Crippen LogP) is 2.12. The smallest absolute Gasteiger partial charge is 0.139 e. The van der Waals surface area contributed by atoms with Crippen molar-refractivity contribution in [3.63, 3.8) is 0 Å². The Morgan fingerprint density at radius 2 is 1.50 bits per heavy atom. The summed E-state index contributed by atoms with van der Waals surface area (Å²) < 4.78 is 5.27. The van der Waals surface area contributed by atoms with E-state index in [1.165, 1.54) is 0 Å². The molecule has 0 aliphatic carbocycles. The van der Waals surface area contributed by atoms with Crippen LogP contribution in [0.15, 0.2) is 40.2 Å². The molecule has 0 aliphatic rings. The van der Waals surface area contributed by atoms with Crippen LogP contribution >= 0.6 is 0 Å². The highest BCUT2D eigenvalue weighted by atomic mass is 16.5. The van der Waals surface area contributed by atoms with Crippen molar-refractivity contribution < 1.29 is 4.74 Å². The number of hydrogen-bond donors (Lipinski definition) is 0. The topological polar surface area (TPSA) is 40.4 Å². The van der Waals surface area contributed by atoms with E-state index in [0.29, 0.717) is 5.76 Å². The molecule has 0 N–H and O–H groups in total. The van der Waals surface area contributed by atoms with Gasteiger partial charge in [0.2, 0.25) is 0 Å². The van der Waals surface area contributed by atoms with Gasteiger partial charge >= 0.3 is 0 Å². The highest BCUT2D eigenvalue weighted by Crippen LogP contribution is 2.08. The Labute approximate surface area is 120 Å². The zero-order valence-corrected chi connectivity index (χ0v) is 12.7. The van der Waals surface area contributed by atoms with Crippen molar-refractivity contribution in [2.45, 2.75) is 0 Å². The standard InChI is InChI=1S/C15H22N4O/c1-18(2)16-11-14-8-6-13(7-9-14)10-15(20-5)12-17-19(3)4/h6-12H,1-5H3/b15-10-,16-11-,17-12-. The first kappa shape index (κ1) is 15.8. The number of methoxy groups -OCH3 is 1. The Hall–Kier alpha value is -2.30. The van der Waals surface area contributed by atoms with Gasteiger partial charge in [-0.25, -0.2) is 0 Å². The average Bonchev–Trinajstić information content (AvgIpc) is 2.42. The van der Waals surface area contributed by atoms with E-state index in [-0.39, 0.29) is 0 Å². The molecule has 0 atom stereocenters. The molecule has 5 heteroatoms. The van der Waals surface area contributed by atoms with Gasteiger partial charge in [-0.1, -0.05) is 24.3 Å². The van der Waals surface area contributed by atoms with Crippen LogP contribution in [0.1, 0.15) is 11.1 Å². The number of ether oxygens (including phenoxy) is 1. The molecular weight excluding hydrogens is 252 g/mol. The third kappa shape index (κ3) is 6.04. The van der Waals surface area contributed by atoms with Gasteiger partial charge < -0.3 is 14.8 Å². The summed E-state index contributed by atoms with van der Waals surface area (Å²) in [6.45, 7) is 0. The van der Waals surface area contributed by atoms with E-state index < -0.39 is 0 Å². The van der Waals surface area contributed by atoms with Crippen LogP contribution in [0, 0.1) is 0 Å². The molecule has 1 aromatic rings. The summed E-state index contributed by atoms with van der Waals surface area (Å²) >= 11 is 0. The molecule has 1 aromatic carbocycles. The molecule has 20 heavy (non-hydrogen) atoms. The average molecular weight is 274 g/mol. The zero-order valence-electron chi connectivity index (χ0n) is 12.7. The second kappa shape index (κ2) is 7.99. The molecule has 0 aromatic heterocycles. The van der Waals surface area contributed by atoms with Crippen molar-refractivity contribution in [1.29, 1.82) is 0 Å². The van der Waals surface area contributed by atoms with Gasteiger partial charge in [0, 0.05) is 28.2 Å². The summed E-state index contributed by atoms with van der Waals surface area (Å²) in [6.07, 6.45) is 5.43. The second-order valence-corrected chi connectivity index (χ2v) is 4.60. The van der Waals surface area contributed by atoms with Gasteiger partial charge in [0.25, 0.3) is 0 Å². The molecule has 5 nitrogen and oxygen atoms in total. The Morgan fingerprint density at radius 3 is 2.00 bits per heavy atom. The zero-order chi connectivity index (χ0) is 15.0. The maximum absolute atomic E-state index is 5.27. The summed E-state index contributed by atoms with van der Waals surface area (Å²) in [4.78, 5) is 0. The Bertz CT molecular complexity index is 487. The summed E-state index contributed by atoms with van der Waals surface area (Å²) in [6, 6.07) is 8.05. The van der Waals surface area contributed by atoms with Crippen molar-refractivity contribution in [3.05, 3.63) is 41.2 Å². The van der Waals surface area contributed by atoms with Gasteiger partial charge in [0.15, 0.2) is 0 Å². The summed E-state index contributed by atoms with van der Waals surface area (Å²) in [5, 5.41) is 11.8. The molecule has 0 saturated heterocycles. The molecule has 0 saturated carbocycles. The summed E-state index contributed by atoms with van der Waals surface area (Å²) in [7, 11) is 9.14. The van der Waals surface area contributed by atoms with E-state index in [9.17, 15) is 0 Å². The van der Waals surface area contributed by atoms with Gasteiger partial charge in [-0.2, -0.15) is 10.2 Å². The first-order valence-corrected chi connectivity index (χ1v) is 6.29. The van der Waals surface area contributed by atoms with Crippen LogP contribution in [0.5, 0.6) is 0 Å². The van der Waals surface area contributed by atoms with Gasteiger partial charge in [-0.15, -0.1) is 0 Å². The molecule has 1 rings (SSSR count). The predicted molar refractivity (Wildman–Crippen MR) is 84.9 cm³/mol. The fraction of sp³-hybridized carbons (Fsp3) is 0.333. The number of hydrazone groups is 2. The minimum absolute atomic E-state index is 0.702. The minimum Gasteiger partial charge on any atom is -0.495 e. The molecule has 0 unspecified atom stereocenters.